The average molecular weight is 459 g/mol. The zero-order valence-corrected chi connectivity index (χ0v) is 18.5. The number of benzene rings is 3. The fourth-order valence-electron chi connectivity index (χ4n) is 3.71. The van der Waals surface area contributed by atoms with Crippen LogP contribution < -0.4 is 15.4 Å². The second-order valence-electron chi connectivity index (χ2n) is 8.30. The molecule has 4 rings (SSSR count). The third kappa shape index (κ3) is 4.23. The van der Waals surface area contributed by atoms with Gasteiger partial charge in [0.1, 0.15) is 23.6 Å². The van der Waals surface area contributed by atoms with Gasteiger partial charge in [0.25, 0.3) is 11.8 Å². The molecule has 2 N–H and O–H groups in total. The van der Waals surface area contributed by atoms with Crippen molar-refractivity contribution in [2.45, 2.75) is 25.9 Å². The fourth-order valence-corrected chi connectivity index (χ4v) is 3.71. The van der Waals surface area contributed by atoms with Crippen LogP contribution in [0.4, 0.5) is 11.4 Å². The number of hydrogen-bond donors (Lipinski definition) is 2. The van der Waals surface area contributed by atoms with E-state index in [4.69, 9.17) is 4.74 Å². The Morgan fingerprint density at radius 1 is 1.03 bits per heavy atom. The van der Waals surface area contributed by atoms with Gasteiger partial charge >= 0.3 is 5.69 Å². The second kappa shape index (κ2) is 8.78. The lowest BCUT2D eigenvalue weighted by atomic mass is 9.77. The van der Waals surface area contributed by atoms with E-state index in [0.717, 1.165) is 5.56 Å². The van der Waals surface area contributed by atoms with Crippen LogP contribution in [0.5, 0.6) is 5.75 Å². The summed E-state index contributed by atoms with van der Waals surface area (Å²) in [6.07, 6.45) is 0. The number of rotatable bonds is 6. The molecule has 0 radical (unpaired) electrons. The third-order valence-corrected chi connectivity index (χ3v) is 5.67. The molecule has 0 atom stereocenters. The predicted octanol–water partition coefficient (Wildman–Crippen LogP) is 3.97. The highest BCUT2D eigenvalue weighted by atomic mass is 16.6. The highest BCUT2D eigenvalue weighted by Crippen LogP contribution is 2.39. The van der Waals surface area contributed by atoms with Crippen LogP contribution in [0.2, 0.25) is 0 Å². The zero-order chi connectivity index (χ0) is 24.5. The lowest BCUT2D eigenvalue weighted by Gasteiger charge is -2.30. The predicted molar refractivity (Wildman–Crippen MR) is 124 cm³/mol. The van der Waals surface area contributed by atoms with Crippen molar-refractivity contribution in [1.29, 1.82) is 0 Å². The van der Waals surface area contributed by atoms with Gasteiger partial charge in [0.05, 0.1) is 10.3 Å². The van der Waals surface area contributed by atoms with E-state index < -0.39 is 33.7 Å². The minimum absolute atomic E-state index is 0.140. The summed E-state index contributed by atoms with van der Waals surface area (Å²) in [5.41, 5.74) is -0.614. The first kappa shape index (κ1) is 22.7. The van der Waals surface area contributed by atoms with Gasteiger partial charge in [-0.2, -0.15) is 0 Å². The van der Waals surface area contributed by atoms with E-state index in [-0.39, 0.29) is 22.4 Å². The second-order valence-corrected chi connectivity index (χ2v) is 8.30. The molecule has 0 fully saturated rings. The van der Waals surface area contributed by atoms with Gasteiger partial charge in [0, 0.05) is 5.56 Å². The van der Waals surface area contributed by atoms with Crippen molar-refractivity contribution in [2.24, 2.45) is 0 Å². The van der Waals surface area contributed by atoms with E-state index >= 15 is 0 Å². The van der Waals surface area contributed by atoms with Gasteiger partial charge in [-0.05, 0) is 55.3 Å². The first-order valence-electron chi connectivity index (χ1n) is 10.4. The van der Waals surface area contributed by atoms with Crippen molar-refractivity contribution in [3.8, 4) is 5.75 Å². The van der Waals surface area contributed by atoms with Gasteiger partial charge in [-0.25, -0.2) is 0 Å². The van der Waals surface area contributed by atoms with Crippen LogP contribution in [-0.2, 0) is 16.8 Å². The van der Waals surface area contributed by atoms with Gasteiger partial charge in [-0.1, -0.05) is 36.4 Å². The minimum atomic E-state index is -1.15. The number of amides is 3. The van der Waals surface area contributed by atoms with Gasteiger partial charge in [0.15, 0.2) is 0 Å². The average Bonchev–Trinajstić information content (AvgIpc) is 2.82. The van der Waals surface area contributed by atoms with Crippen LogP contribution in [0.15, 0.2) is 66.7 Å². The smallest absolute Gasteiger partial charge is 0.305 e. The first-order chi connectivity index (χ1) is 16.2. The van der Waals surface area contributed by atoms with E-state index in [1.54, 1.807) is 26.0 Å². The Balaban J connectivity index is 1.56. The van der Waals surface area contributed by atoms with Crippen LogP contribution >= 0.6 is 0 Å². The van der Waals surface area contributed by atoms with Gasteiger partial charge < -0.3 is 10.1 Å². The van der Waals surface area contributed by atoms with Crippen LogP contribution in [-0.4, -0.2) is 22.6 Å². The van der Waals surface area contributed by atoms with Crippen LogP contribution in [0.1, 0.15) is 45.7 Å². The Labute approximate surface area is 194 Å². The molecule has 3 amide bonds. The van der Waals surface area contributed by atoms with Gasteiger partial charge in [-0.15, -0.1) is 0 Å². The van der Waals surface area contributed by atoms with Crippen LogP contribution in [0.3, 0.4) is 0 Å². The number of nitro groups is 1. The number of ether oxygens (including phenoxy) is 1. The van der Waals surface area contributed by atoms with E-state index in [1.165, 1.54) is 24.3 Å². The van der Waals surface area contributed by atoms with Crippen molar-refractivity contribution < 1.29 is 24.0 Å². The molecule has 0 bridgehead atoms. The maximum absolute atomic E-state index is 12.8. The molecule has 1 heterocycles. The number of carbonyl (C=O) groups excluding carboxylic acids is 3. The topological polar surface area (TPSA) is 128 Å². The van der Waals surface area contributed by atoms with Crippen LogP contribution in [0, 0.1) is 10.1 Å². The quantitative estimate of drug-likeness (QED) is 0.326. The molecule has 9 heteroatoms. The molecular formula is C25H21N3O6. The molecule has 1 aliphatic heterocycles. The van der Waals surface area contributed by atoms with E-state index in [1.807, 2.05) is 30.3 Å². The molecule has 0 saturated carbocycles. The molecule has 3 aromatic rings. The summed E-state index contributed by atoms with van der Waals surface area (Å²) in [5, 5.41) is 16.5. The lowest BCUT2D eigenvalue weighted by Crippen LogP contribution is -2.49. The number of imide groups is 1. The number of fused-ring (bicyclic) bond motifs is 1. The van der Waals surface area contributed by atoms with Crippen molar-refractivity contribution in [1.82, 2.24) is 5.32 Å². The number of hydrogen-bond acceptors (Lipinski definition) is 6. The summed E-state index contributed by atoms with van der Waals surface area (Å²) in [4.78, 5) is 48.5. The Bertz CT molecular complexity index is 1300. The zero-order valence-electron chi connectivity index (χ0n) is 18.5. The van der Waals surface area contributed by atoms with E-state index in [0.29, 0.717) is 12.4 Å². The molecule has 3 aromatic carbocycles. The highest BCUT2D eigenvalue weighted by molar-refractivity contribution is 6.16. The molecular weight excluding hydrogens is 438 g/mol. The largest absolute Gasteiger partial charge is 0.489 e. The molecule has 0 saturated heterocycles. The van der Waals surface area contributed by atoms with Crippen LogP contribution in [0.25, 0.3) is 0 Å². The molecule has 0 spiro atoms. The fraction of sp³-hybridized carbons (Fsp3) is 0.160. The molecule has 0 aliphatic carbocycles. The Morgan fingerprint density at radius 2 is 1.71 bits per heavy atom. The summed E-state index contributed by atoms with van der Waals surface area (Å²) in [6, 6.07) is 18.7. The first-order valence-corrected chi connectivity index (χ1v) is 10.4. The SMILES string of the molecule is CC1(C)C(=O)NC(=O)c2c1ccc(NC(=O)c1ccc(OCc3ccccc3)cc1)c2[N+](=O)[O-]. The Kier molecular flexibility index (Phi) is 5.85. The molecule has 9 nitrogen and oxygen atoms in total. The lowest BCUT2D eigenvalue weighted by molar-refractivity contribution is -0.384. The minimum Gasteiger partial charge on any atom is -0.489 e. The number of nitrogens with one attached hydrogen (secondary N) is 2. The molecule has 172 valence electrons. The monoisotopic (exact) mass is 459 g/mol. The standard InChI is InChI=1S/C25H21N3O6/c1-25(2)18-12-13-19(21(28(32)33)20(18)23(30)27-24(25)31)26-22(29)16-8-10-17(11-9-16)34-14-15-6-4-3-5-7-15/h3-13H,14H2,1-2H3,(H,26,29)(H,27,30,31). The van der Waals surface area contributed by atoms with Crippen molar-refractivity contribution in [2.75, 3.05) is 5.32 Å². The van der Waals surface area contributed by atoms with Gasteiger partial charge in [0.2, 0.25) is 5.91 Å². The number of nitrogens with zero attached hydrogens (tertiary/aromatic N) is 1. The van der Waals surface area contributed by atoms with Crippen molar-refractivity contribution >= 4 is 29.1 Å². The van der Waals surface area contributed by atoms with Crippen molar-refractivity contribution in [3.63, 3.8) is 0 Å². The third-order valence-electron chi connectivity index (χ3n) is 5.67. The highest BCUT2D eigenvalue weighted by Gasteiger charge is 2.44. The molecule has 1 aliphatic rings. The number of anilines is 1. The normalized spacial score (nSPS) is 14.1. The number of carbonyl (C=O) groups is 3. The summed E-state index contributed by atoms with van der Waals surface area (Å²) >= 11 is 0. The molecule has 0 unspecified atom stereocenters. The molecule has 34 heavy (non-hydrogen) atoms. The van der Waals surface area contributed by atoms with Gasteiger partial charge in [-0.3, -0.25) is 29.8 Å². The summed E-state index contributed by atoms with van der Waals surface area (Å²) in [5.74, 6) is -1.46. The van der Waals surface area contributed by atoms with E-state index in [9.17, 15) is 24.5 Å². The Hall–Kier alpha value is -4.53. The summed E-state index contributed by atoms with van der Waals surface area (Å²) < 4.78 is 5.70. The maximum atomic E-state index is 12.8. The van der Waals surface area contributed by atoms with E-state index in [2.05, 4.69) is 10.6 Å². The molecule has 0 aromatic heterocycles. The number of nitro benzene ring substituents is 1. The Morgan fingerprint density at radius 3 is 2.35 bits per heavy atom. The maximum Gasteiger partial charge on any atom is 0.305 e. The summed E-state index contributed by atoms with van der Waals surface area (Å²) in [6.45, 7) is 3.50. The summed E-state index contributed by atoms with van der Waals surface area (Å²) in [7, 11) is 0. The van der Waals surface area contributed by atoms with Crippen molar-refractivity contribution in [3.05, 3.63) is 99.1 Å².